The molecule has 0 radical (unpaired) electrons. The molecule has 130 valence electrons. The third-order valence-corrected chi connectivity index (χ3v) is 3.30. The molecule has 0 spiro atoms. The molecule has 0 aliphatic heterocycles. The van der Waals surface area contributed by atoms with Gasteiger partial charge in [0.1, 0.15) is 0 Å². The molecule has 0 atom stereocenters. The Bertz CT molecular complexity index is 486. The molecular weight excluding hydrogens is 286 g/mol. The normalized spacial score (nSPS) is 11.7. The number of benzene rings is 1. The first kappa shape index (κ1) is 19.3. The zero-order chi connectivity index (χ0) is 17.6. The quantitative estimate of drug-likeness (QED) is 0.676. The highest BCUT2D eigenvalue weighted by Gasteiger charge is 2.21. The highest BCUT2D eigenvalue weighted by molar-refractivity contribution is 5.95. The first-order valence-electron chi connectivity index (χ1n) is 8.52. The van der Waals surface area contributed by atoms with Gasteiger partial charge in [-0.15, -0.1) is 0 Å². The Labute approximate surface area is 141 Å². The highest BCUT2D eigenvalue weighted by atomic mass is 16.2. The molecule has 1 aromatic rings. The summed E-state index contributed by atoms with van der Waals surface area (Å²) in [7, 11) is 0. The Balaban J connectivity index is 2.95. The molecule has 0 aromatic heterocycles. The van der Waals surface area contributed by atoms with Crippen LogP contribution in [0, 0.1) is 17.3 Å². The molecule has 0 heterocycles. The monoisotopic (exact) mass is 319 g/mol. The van der Waals surface area contributed by atoms with Crippen molar-refractivity contribution >= 4 is 23.0 Å². The molecule has 0 aliphatic rings. The van der Waals surface area contributed by atoms with Crippen molar-refractivity contribution in [2.24, 2.45) is 17.3 Å². The van der Waals surface area contributed by atoms with Crippen molar-refractivity contribution in [1.29, 1.82) is 0 Å². The van der Waals surface area contributed by atoms with Crippen molar-refractivity contribution in [1.82, 2.24) is 0 Å². The zero-order valence-corrected chi connectivity index (χ0v) is 15.7. The third-order valence-electron chi connectivity index (χ3n) is 3.30. The van der Waals surface area contributed by atoms with Crippen LogP contribution in [0.5, 0.6) is 0 Å². The van der Waals surface area contributed by atoms with Gasteiger partial charge in [-0.05, 0) is 30.0 Å². The molecule has 4 heteroatoms. The Morgan fingerprint density at radius 1 is 0.870 bits per heavy atom. The summed E-state index contributed by atoms with van der Waals surface area (Å²) in [6.07, 6.45) is 0. The van der Waals surface area contributed by atoms with Crippen molar-refractivity contribution in [2.75, 3.05) is 29.0 Å². The second kappa shape index (κ2) is 8.23. The van der Waals surface area contributed by atoms with Crippen molar-refractivity contribution in [2.45, 2.75) is 48.5 Å². The molecule has 0 fully saturated rings. The minimum Gasteiger partial charge on any atom is -0.385 e. The minimum absolute atomic E-state index is 0.0216. The lowest BCUT2D eigenvalue weighted by atomic mass is 9.95. The van der Waals surface area contributed by atoms with E-state index in [2.05, 4.69) is 49.7 Å². The largest absolute Gasteiger partial charge is 0.385 e. The predicted molar refractivity (Wildman–Crippen MR) is 101 cm³/mol. The van der Waals surface area contributed by atoms with Gasteiger partial charge in [-0.2, -0.15) is 0 Å². The standard InChI is InChI=1S/C19H33N3O/c1-13(2)11-20-15-8-16(21-12-14(3)4)10-17(9-15)22-18(23)19(5,6)7/h8-10,13-14,20-21H,11-12H2,1-7H3,(H,22,23). The van der Waals surface area contributed by atoms with Gasteiger partial charge in [0.05, 0.1) is 0 Å². The van der Waals surface area contributed by atoms with Crippen LogP contribution in [0.25, 0.3) is 0 Å². The number of carbonyl (C=O) groups is 1. The molecule has 1 aromatic carbocycles. The van der Waals surface area contributed by atoms with E-state index in [1.54, 1.807) is 0 Å². The molecule has 23 heavy (non-hydrogen) atoms. The second-order valence-corrected chi connectivity index (χ2v) is 8.05. The fourth-order valence-electron chi connectivity index (χ4n) is 1.87. The van der Waals surface area contributed by atoms with E-state index in [0.29, 0.717) is 11.8 Å². The van der Waals surface area contributed by atoms with Gasteiger partial charge < -0.3 is 16.0 Å². The van der Waals surface area contributed by atoms with Crippen LogP contribution in [-0.4, -0.2) is 19.0 Å². The van der Waals surface area contributed by atoms with Gasteiger partial charge in [0.15, 0.2) is 0 Å². The van der Waals surface area contributed by atoms with E-state index in [9.17, 15) is 4.79 Å². The number of hydrogen-bond acceptors (Lipinski definition) is 3. The summed E-state index contributed by atoms with van der Waals surface area (Å²) in [5.74, 6) is 1.15. The topological polar surface area (TPSA) is 53.2 Å². The Morgan fingerprint density at radius 2 is 1.26 bits per heavy atom. The zero-order valence-electron chi connectivity index (χ0n) is 15.7. The highest BCUT2D eigenvalue weighted by Crippen LogP contribution is 2.25. The van der Waals surface area contributed by atoms with E-state index in [1.807, 2.05) is 32.9 Å². The predicted octanol–water partition coefficient (Wildman–Crippen LogP) is 4.81. The number of nitrogens with one attached hydrogen (secondary N) is 3. The van der Waals surface area contributed by atoms with E-state index in [-0.39, 0.29) is 5.91 Å². The SMILES string of the molecule is CC(C)CNc1cc(NCC(C)C)cc(NC(=O)C(C)(C)C)c1. The molecule has 4 nitrogen and oxygen atoms in total. The Morgan fingerprint density at radius 3 is 1.61 bits per heavy atom. The first-order chi connectivity index (χ1) is 10.6. The van der Waals surface area contributed by atoms with E-state index in [0.717, 1.165) is 30.2 Å². The summed E-state index contributed by atoms with van der Waals surface area (Å²) in [5.41, 5.74) is 2.46. The average molecular weight is 319 g/mol. The van der Waals surface area contributed by atoms with Crippen LogP contribution in [0.15, 0.2) is 18.2 Å². The maximum absolute atomic E-state index is 12.2. The molecular formula is C19H33N3O. The molecule has 0 unspecified atom stereocenters. The van der Waals surface area contributed by atoms with Gasteiger partial charge in [-0.3, -0.25) is 4.79 Å². The number of anilines is 3. The first-order valence-corrected chi connectivity index (χ1v) is 8.52. The minimum atomic E-state index is -0.410. The van der Waals surface area contributed by atoms with Crippen LogP contribution in [0.1, 0.15) is 48.5 Å². The average Bonchev–Trinajstić information content (AvgIpc) is 2.41. The van der Waals surface area contributed by atoms with Gasteiger partial charge in [0, 0.05) is 35.6 Å². The summed E-state index contributed by atoms with van der Waals surface area (Å²) in [4.78, 5) is 12.2. The summed E-state index contributed by atoms with van der Waals surface area (Å²) >= 11 is 0. The van der Waals surface area contributed by atoms with Crippen LogP contribution in [0.4, 0.5) is 17.1 Å². The molecule has 1 amide bonds. The van der Waals surface area contributed by atoms with Crippen molar-refractivity contribution < 1.29 is 4.79 Å². The maximum Gasteiger partial charge on any atom is 0.229 e. The number of amides is 1. The molecule has 3 N–H and O–H groups in total. The van der Waals surface area contributed by atoms with Crippen LogP contribution in [0.3, 0.4) is 0 Å². The van der Waals surface area contributed by atoms with Crippen molar-refractivity contribution in [3.63, 3.8) is 0 Å². The van der Waals surface area contributed by atoms with Crippen LogP contribution >= 0.6 is 0 Å². The summed E-state index contributed by atoms with van der Waals surface area (Å²) in [6, 6.07) is 6.08. The lowest BCUT2D eigenvalue weighted by Crippen LogP contribution is -2.27. The van der Waals surface area contributed by atoms with Crippen LogP contribution in [-0.2, 0) is 4.79 Å². The molecule has 0 saturated carbocycles. The Kier molecular flexibility index (Phi) is 6.92. The summed E-state index contributed by atoms with van der Waals surface area (Å²) in [5, 5.41) is 9.89. The van der Waals surface area contributed by atoms with Gasteiger partial charge in [0.2, 0.25) is 5.91 Å². The molecule has 0 aliphatic carbocycles. The molecule has 1 rings (SSSR count). The summed E-state index contributed by atoms with van der Waals surface area (Å²) in [6.45, 7) is 16.3. The van der Waals surface area contributed by atoms with Gasteiger partial charge in [0.25, 0.3) is 0 Å². The smallest absolute Gasteiger partial charge is 0.229 e. The molecule has 0 bridgehead atoms. The van der Waals surface area contributed by atoms with Crippen LogP contribution < -0.4 is 16.0 Å². The van der Waals surface area contributed by atoms with Crippen molar-refractivity contribution in [3.05, 3.63) is 18.2 Å². The second-order valence-electron chi connectivity index (χ2n) is 8.05. The fraction of sp³-hybridized carbons (Fsp3) is 0.632. The number of hydrogen-bond donors (Lipinski definition) is 3. The van der Waals surface area contributed by atoms with Gasteiger partial charge in [-0.1, -0.05) is 48.5 Å². The van der Waals surface area contributed by atoms with E-state index in [4.69, 9.17) is 0 Å². The summed E-state index contributed by atoms with van der Waals surface area (Å²) < 4.78 is 0. The molecule has 0 saturated heterocycles. The Hall–Kier alpha value is -1.71. The maximum atomic E-state index is 12.2. The fourth-order valence-corrected chi connectivity index (χ4v) is 1.87. The van der Waals surface area contributed by atoms with Crippen molar-refractivity contribution in [3.8, 4) is 0 Å². The van der Waals surface area contributed by atoms with Gasteiger partial charge >= 0.3 is 0 Å². The lowest BCUT2D eigenvalue weighted by molar-refractivity contribution is -0.123. The lowest BCUT2D eigenvalue weighted by Gasteiger charge is -2.20. The number of carbonyl (C=O) groups excluding carboxylic acids is 1. The number of rotatable bonds is 7. The van der Waals surface area contributed by atoms with E-state index < -0.39 is 5.41 Å². The van der Waals surface area contributed by atoms with E-state index in [1.165, 1.54) is 0 Å². The van der Waals surface area contributed by atoms with Crippen LogP contribution in [0.2, 0.25) is 0 Å². The van der Waals surface area contributed by atoms with Gasteiger partial charge in [-0.25, -0.2) is 0 Å². The van der Waals surface area contributed by atoms with E-state index >= 15 is 0 Å². The third kappa shape index (κ3) is 7.40.